The van der Waals surface area contributed by atoms with Gasteiger partial charge in [-0.15, -0.1) is 0 Å². The molecule has 0 saturated heterocycles. The van der Waals surface area contributed by atoms with Crippen molar-refractivity contribution in [2.45, 2.75) is 44.7 Å². The van der Waals surface area contributed by atoms with Crippen LogP contribution in [0.25, 0.3) is 0 Å². The highest BCUT2D eigenvalue weighted by molar-refractivity contribution is 5.27. The van der Waals surface area contributed by atoms with E-state index >= 15 is 0 Å². The average molecular weight is 218 g/mol. The van der Waals surface area contributed by atoms with E-state index in [-0.39, 0.29) is 11.6 Å². The Morgan fingerprint density at radius 1 is 1.31 bits per heavy atom. The normalized spacial score (nSPS) is 24.2. The van der Waals surface area contributed by atoms with E-state index in [4.69, 9.17) is 5.73 Å². The van der Waals surface area contributed by atoms with Gasteiger partial charge in [0.2, 0.25) is 0 Å². The average Bonchev–Trinajstić information content (AvgIpc) is 3.07. The summed E-state index contributed by atoms with van der Waals surface area (Å²) in [5.74, 6) is 0.738. The largest absolute Gasteiger partial charge is 0.324 e. The molecular formula is C13H18N2O. The molecule has 86 valence electrons. The minimum atomic E-state index is 0.134. The zero-order chi connectivity index (χ0) is 11.1. The molecule has 1 aromatic heterocycles. The smallest absolute Gasteiger partial charge is 0.250 e. The Morgan fingerprint density at radius 2 is 2.12 bits per heavy atom. The zero-order valence-electron chi connectivity index (χ0n) is 9.48. The van der Waals surface area contributed by atoms with E-state index in [1.54, 1.807) is 6.07 Å². The second-order valence-corrected chi connectivity index (χ2v) is 5.13. The Morgan fingerprint density at radius 3 is 2.88 bits per heavy atom. The molecule has 0 radical (unpaired) electrons. The Labute approximate surface area is 95.3 Å². The molecule has 0 bridgehead atoms. The lowest BCUT2D eigenvalue weighted by Crippen LogP contribution is -2.29. The van der Waals surface area contributed by atoms with Crippen molar-refractivity contribution in [3.63, 3.8) is 0 Å². The number of aromatic nitrogens is 1. The van der Waals surface area contributed by atoms with E-state index in [9.17, 15) is 4.79 Å². The molecule has 1 aromatic rings. The van der Waals surface area contributed by atoms with Crippen molar-refractivity contribution in [3.05, 3.63) is 33.7 Å². The second kappa shape index (κ2) is 3.74. The molecule has 2 aliphatic carbocycles. The number of pyridine rings is 1. The van der Waals surface area contributed by atoms with Gasteiger partial charge in [0.15, 0.2) is 0 Å². The summed E-state index contributed by atoms with van der Waals surface area (Å²) >= 11 is 0. The number of nitrogens with zero attached hydrogens (tertiary/aromatic N) is 1. The molecule has 3 nitrogen and oxygen atoms in total. The molecule has 0 aromatic carbocycles. The third-order valence-electron chi connectivity index (χ3n) is 3.80. The quantitative estimate of drug-likeness (QED) is 0.819. The van der Waals surface area contributed by atoms with Gasteiger partial charge in [-0.2, -0.15) is 0 Å². The molecule has 16 heavy (non-hydrogen) atoms. The van der Waals surface area contributed by atoms with Gasteiger partial charge in [-0.3, -0.25) is 4.79 Å². The van der Waals surface area contributed by atoms with Crippen LogP contribution in [0, 0.1) is 5.92 Å². The highest BCUT2D eigenvalue weighted by Crippen LogP contribution is 2.32. The van der Waals surface area contributed by atoms with Crippen LogP contribution < -0.4 is 11.3 Å². The van der Waals surface area contributed by atoms with Crippen LogP contribution in [0.15, 0.2) is 16.9 Å². The lowest BCUT2D eigenvalue weighted by atomic mass is 9.91. The second-order valence-electron chi connectivity index (χ2n) is 5.13. The summed E-state index contributed by atoms with van der Waals surface area (Å²) in [5, 5.41) is 0. The standard InChI is InChI=1S/C13H18N2O/c14-11-2-1-3-12-10(11)6-7-13(16)15(12)8-9-4-5-9/h6-7,9,11H,1-5,8,14H2/t11-/m1/s1. The molecule has 1 fully saturated rings. The van der Waals surface area contributed by atoms with Crippen LogP contribution in [0.4, 0.5) is 0 Å². The fourth-order valence-electron chi connectivity index (χ4n) is 2.66. The molecule has 1 saturated carbocycles. The number of rotatable bonds is 2. The van der Waals surface area contributed by atoms with Gasteiger partial charge in [0.05, 0.1) is 0 Å². The Balaban J connectivity index is 2.06. The Hall–Kier alpha value is -1.09. The highest BCUT2D eigenvalue weighted by atomic mass is 16.1. The molecule has 0 aliphatic heterocycles. The predicted molar refractivity (Wildman–Crippen MR) is 63.3 cm³/mol. The fraction of sp³-hybridized carbons (Fsp3) is 0.615. The SMILES string of the molecule is N[C@@H]1CCCc2c1ccc(=O)n2CC1CC1. The van der Waals surface area contributed by atoms with Crippen LogP contribution in [-0.2, 0) is 13.0 Å². The first-order valence-corrected chi connectivity index (χ1v) is 6.24. The molecular weight excluding hydrogens is 200 g/mol. The van der Waals surface area contributed by atoms with Gasteiger partial charge in [-0.25, -0.2) is 0 Å². The third-order valence-corrected chi connectivity index (χ3v) is 3.80. The first-order chi connectivity index (χ1) is 7.75. The Kier molecular flexibility index (Phi) is 2.36. The van der Waals surface area contributed by atoms with E-state index in [0.717, 1.165) is 31.7 Å². The summed E-state index contributed by atoms with van der Waals surface area (Å²) in [6, 6.07) is 3.76. The maximum absolute atomic E-state index is 11.9. The van der Waals surface area contributed by atoms with Crippen molar-refractivity contribution in [1.29, 1.82) is 0 Å². The molecule has 3 heteroatoms. The molecule has 2 N–H and O–H groups in total. The van der Waals surface area contributed by atoms with E-state index in [2.05, 4.69) is 0 Å². The molecule has 1 heterocycles. The minimum Gasteiger partial charge on any atom is -0.324 e. The van der Waals surface area contributed by atoms with Crippen molar-refractivity contribution in [3.8, 4) is 0 Å². The highest BCUT2D eigenvalue weighted by Gasteiger charge is 2.26. The minimum absolute atomic E-state index is 0.134. The van der Waals surface area contributed by atoms with Crippen LogP contribution in [-0.4, -0.2) is 4.57 Å². The number of hydrogen-bond donors (Lipinski definition) is 1. The van der Waals surface area contributed by atoms with E-state index < -0.39 is 0 Å². The van der Waals surface area contributed by atoms with Crippen molar-refractivity contribution < 1.29 is 0 Å². The van der Waals surface area contributed by atoms with Crippen molar-refractivity contribution in [1.82, 2.24) is 4.57 Å². The molecule has 2 aliphatic rings. The monoisotopic (exact) mass is 218 g/mol. The topological polar surface area (TPSA) is 48.0 Å². The Bertz CT molecular complexity index is 459. The van der Waals surface area contributed by atoms with E-state index in [1.165, 1.54) is 24.1 Å². The summed E-state index contributed by atoms with van der Waals surface area (Å²) in [4.78, 5) is 11.9. The van der Waals surface area contributed by atoms with Crippen molar-refractivity contribution in [2.24, 2.45) is 11.7 Å². The lowest BCUT2D eigenvalue weighted by molar-refractivity contribution is 0.503. The van der Waals surface area contributed by atoms with Crippen LogP contribution in [0.1, 0.15) is 43.0 Å². The van der Waals surface area contributed by atoms with Gasteiger partial charge >= 0.3 is 0 Å². The van der Waals surface area contributed by atoms with Gasteiger partial charge in [-0.05, 0) is 43.6 Å². The molecule has 0 unspecified atom stereocenters. The van der Waals surface area contributed by atoms with Gasteiger partial charge in [0.1, 0.15) is 0 Å². The van der Waals surface area contributed by atoms with E-state index in [1.807, 2.05) is 10.6 Å². The molecule has 0 amide bonds. The van der Waals surface area contributed by atoms with Crippen LogP contribution in [0.2, 0.25) is 0 Å². The molecule has 0 spiro atoms. The first kappa shape index (κ1) is 10.1. The number of nitrogens with two attached hydrogens (primary N) is 1. The first-order valence-electron chi connectivity index (χ1n) is 6.24. The van der Waals surface area contributed by atoms with E-state index in [0.29, 0.717) is 0 Å². The van der Waals surface area contributed by atoms with Crippen molar-refractivity contribution >= 4 is 0 Å². The van der Waals surface area contributed by atoms with Gasteiger partial charge in [0.25, 0.3) is 5.56 Å². The summed E-state index contributed by atoms with van der Waals surface area (Å²) in [6.45, 7) is 0.911. The maximum Gasteiger partial charge on any atom is 0.250 e. The zero-order valence-corrected chi connectivity index (χ0v) is 9.48. The number of fused-ring (bicyclic) bond motifs is 1. The summed E-state index contributed by atoms with van der Waals surface area (Å²) in [6.07, 6.45) is 5.74. The van der Waals surface area contributed by atoms with Gasteiger partial charge < -0.3 is 10.3 Å². The van der Waals surface area contributed by atoms with Gasteiger partial charge in [-0.1, -0.05) is 6.07 Å². The van der Waals surface area contributed by atoms with Crippen LogP contribution >= 0.6 is 0 Å². The van der Waals surface area contributed by atoms with Gasteiger partial charge in [0, 0.05) is 24.3 Å². The fourth-order valence-corrected chi connectivity index (χ4v) is 2.66. The molecule has 1 atom stereocenters. The van der Waals surface area contributed by atoms with Crippen LogP contribution in [0.3, 0.4) is 0 Å². The van der Waals surface area contributed by atoms with Crippen molar-refractivity contribution in [2.75, 3.05) is 0 Å². The summed E-state index contributed by atoms with van der Waals surface area (Å²) in [5.41, 5.74) is 8.66. The maximum atomic E-state index is 11.9. The predicted octanol–water partition coefficient (Wildman–Crippen LogP) is 1.59. The third kappa shape index (κ3) is 1.69. The van der Waals surface area contributed by atoms with Crippen LogP contribution in [0.5, 0.6) is 0 Å². The molecule has 3 rings (SSSR count). The lowest BCUT2D eigenvalue weighted by Gasteiger charge is -2.25. The number of hydrogen-bond acceptors (Lipinski definition) is 2. The summed E-state index contributed by atoms with van der Waals surface area (Å²) in [7, 11) is 0. The summed E-state index contributed by atoms with van der Waals surface area (Å²) < 4.78 is 1.98.